The number of methoxy groups -OCH3 is 1. The Morgan fingerprint density at radius 3 is 2.60 bits per heavy atom. The van der Waals surface area contributed by atoms with Crippen LogP contribution in [-0.4, -0.2) is 53.4 Å². The van der Waals surface area contributed by atoms with Crippen LogP contribution in [-0.2, 0) is 4.79 Å². The Bertz CT molecular complexity index is 1030. The van der Waals surface area contributed by atoms with Crippen molar-refractivity contribution < 1.29 is 19.1 Å². The Hall–Kier alpha value is -3.35. The van der Waals surface area contributed by atoms with Crippen LogP contribution in [0.4, 0.5) is 0 Å². The molecule has 156 valence electrons. The van der Waals surface area contributed by atoms with Crippen molar-refractivity contribution in [2.45, 2.75) is 25.7 Å². The molecule has 1 aliphatic rings. The summed E-state index contributed by atoms with van der Waals surface area (Å²) in [6.07, 6.45) is 1.73. The molecule has 0 spiro atoms. The number of amides is 1. The third-order valence-corrected chi connectivity index (χ3v) is 5.56. The van der Waals surface area contributed by atoms with Crippen LogP contribution in [0.25, 0.3) is 11.0 Å². The number of ether oxygens (including phenoxy) is 2. The molecule has 1 fully saturated rings. The number of hydrogen-bond acceptors (Lipinski definition) is 5. The van der Waals surface area contributed by atoms with Crippen LogP contribution in [0.5, 0.6) is 11.5 Å². The monoisotopic (exact) mass is 407 g/mol. The van der Waals surface area contributed by atoms with Gasteiger partial charge in [0.15, 0.2) is 23.9 Å². The lowest BCUT2D eigenvalue weighted by Crippen LogP contribution is -2.40. The molecule has 4 rings (SSSR count). The second-order valence-corrected chi connectivity index (χ2v) is 7.50. The molecule has 1 N–H and O–H groups in total. The first-order valence-electron chi connectivity index (χ1n) is 10.1. The van der Waals surface area contributed by atoms with Gasteiger partial charge in [-0.05, 0) is 50.1 Å². The van der Waals surface area contributed by atoms with Crippen molar-refractivity contribution in [3.8, 4) is 11.5 Å². The number of aromatic nitrogens is 2. The maximum atomic E-state index is 12.6. The second-order valence-electron chi connectivity index (χ2n) is 7.50. The largest absolute Gasteiger partial charge is 0.493 e. The first-order valence-corrected chi connectivity index (χ1v) is 10.1. The molecule has 1 aromatic heterocycles. The molecule has 3 aromatic rings. The standard InChI is InChI=1S/C23H25N3O4/c1-15(27)17-7-8-20(21(13-17)29-2)30-14-22(28)26-11-9-16(10-12-26)23-24-18-5-3-4-6-19(18)25-23/h3-8,13,16H,9-12,14H2,1-2H3,(H,24,25). The summed E-state index contributed by atoms with van der Waals surface area (Å²) in [7, 11) is 1.51. The van der Waals surface area contributed by atoms with Crippen molar-refractivity contribution in [2.24, 2.45) is 0 Å². The van der Waals surface area contributed by atoms with Gasteiger partial charge in [0.1, 0.15) is 5.82 Å². The van der Waals surface area contributed by atoms with Gasteiger partial charge in [0.2, 0.25) is 0 Å². The molecular weight excluding hydrogens is 382 g/mol. The Kier molecular flexibility index (Phi) is 5.70. The van der Waals surface area contributed by atoms with E-state index in [0.717, 1.165) is 29.7 Å². The molecule has 2 heterocycles. The van der Waals surface area contributed by atoms with E-state index in [-0.39, 0.29) is 18.3 Å². The van der Waals surface area contributed by atoms with Gasteiger partial charge in [0, 0.05) is 24.6 Å². The van der Waals surface area contributed by atoms with Gasteiger partial charge in [-0.1, -0.05) is 12.1 Å². The maximum absolute atomic E-state index is 12.6. The fourth-order valence-corrected chi connectivity index (χ4v) is 3.80. The Morgan fingerprint density at radius 1 is 1.13 bits per heavy atom. The lowest BCUT2D eigenvalue weighted by molar-refractivity contribution is -0.134. The summed E-state index contributed by atoms with van der Waals surface area (Å²) in [5.74, 6) is 2.10. The van der Waals surface area contributed by atoms with E-state index >= 15 is 0 Å². The molecule has 7 nitrogen and oxygen atoms in total. The number of para-hydroxylation sites is 2. The number of ketones is 1. The summed E-state index contributed by atoms with van der Waals surface area (Å²) in [5, 5.41) is 0. The predicted molar refractivity (Wildman–Crippen MR) is 113 cm³/mol. The van der Waals surface area contributed by atoms with Crippen molar-refractivity contribution in [2.75, 3.05) is 26.8 Å². The van der Waals surface area contributed by atoms with E-state index in [1.165, 1.54) is 14.0 Å². The van der Waals surface area contributed by atoms with Gasteiger partial charge in [-0.15, -0.1) is 0 Å². The van der Waals surface area contributed by atoms with Crippen LogP contribution in [0.2, 0.25) is 0 Å². The third kappa shape index (κ3) is 4.15. The van der Waals surface area contributed by atoms with Gasteiger partial charge in [0.25, 0.3) is 5.91 Å². The quantitative estimate of drug-likeness (QED) is 0.632. The van der Waals surface area contributed by atoms with Crippen LogP contribution in [0.15, 0.2) is 42.5 Å². The zero-order valence-corrected chi connectivity index (χ0v) is 17.2. The molecule has 7 heteroatoms. The molecule has 0 saturated carbocycles. The predicted octanol–water partition coefficient (Wildman–Crippen LogP) is 3.56. The highest BCUT2D eigenvalue weighted by Gasteiger charge is 2.26. The lowest BCUT2D eigenvalue weighted by Gasteiger charge is -2.31. The minimum atomic E-state index is -0.0644. The van der Waals surface area contributed by atoms with Crippen molar-refractivity contribution in [1.82, 2.24) is 14.9 Å². The van der Waals surface area contributed by atoms with Gasteiger partial charge in [-0.25, -0.2) is 4.98 Å². The number of Topliss-reactive ketones (excluding diaryl/α,β-unsaturated/α-hetero) is 1. The van der Waals surface area contributed by atoms with Gasteiger partial charge in [-0.2, -0.15) is 0 Å². The van der Waals surface area contributed by atoms with Crippen LogP contribution < -0.4 is 9.47 Å². The lowest BCUT2D eigenvalue weighted by atomic mass is 9.96. The van der Waals surface area contributed by atoms with E-state index in [1.807, 2.05) is 29.2 Å². The highest BCUT2D eigenvalue weighted by molar-refractivity contribution is 5.94. The zero-order valence-electron chi connectivity index (χ0n) is 17.2. The Morgan fingerprint density at radius 2 is 1.90 bits per heavy atom. The van der Waals surface area contributed by atoms with Crippen molar-refractivity contribution in [1.29, 1.82) is 0 Å². The molecule has 2 aromatic carbocycles. The summed E-state index contributed by atoms with van der Waals surface area (Å²) in [5.41, 5.74) is 2.56. The van der Waals surface area contributed by atoms with Crippen molar-refractivity contribution >= 4 is 22.7 Å². The molecule has 0 radical (unpaired) electrons. The molecule has 1 aliphatic heterocycles. The molecule has 0 atom stereocenters. The number of nitrogens with one attached hydrogen (secondary N) is 1. The number of carbonyl (C=O) groups is 2. The van der Waals surface area contributed by atoms with E-state index in [1.54, 1.807) is 18.2 Å². The number of benzene rings is 2. The number of fused-ring (bicyclic) bond motifs is 1. The number of hydrogen-bond donors (Lipinski definition) is 1. The molecular formula is C23H25N3O4. The van der Waals surface area contributed by atoms with Gasteiger partial charge in [0.05, 0.1) is 18.1 Å². The highest BCUT2D eigenvalue weighted by atomic mass is 16.5. The summed E-state index contributed by atoms with van der Waals surface area (Å²) < 4.78 is 11.0. The number of rotatable bonds is 6. The molecule has 1 amide bonds. The van der Waals surface area contributed by atoms with Gasteiger partial charge in [-0.3, -0.25) is 9.59 Å². The number of aromatic amines is 1. The average molecular weight is 407 g/mol. The fourth-order valence-electron chi connectivity index (χ4n) is 3.80. The van der Waals surface area contributed by atoms with E-state index in [2.05, 4.69) is 4.98 Å². The smallest absolute Gasteiger partial charge is 0.260 e. The van der Waals surface area contributed by atoms with Crippen molar-refractivity contribution in [3.63, 3.8) is 0 Å². The summed E-state index contributed by atoms with van der Waals surface area (Å²) in [6, 6.07) is 13.0. The number of carbonyl (C=O) groups excluding carboxylic acids is 2. The zero-order chi connectivity index (χ0) is 21.1. The number of nitrogens with zero attached hydrogens (tertiary/aromatic N) is 2. The van der Waals surface area contributed by atoms with E-state index in [4.69, 9.17) is 14.5 Å². The minimum Gasteiger partial charge on any atom is -0.493 e. The second kappa shape index (κ2) is 8.57. The van der Waals surface area contributed by atoms with Crippen molar-refractivity contribution in [3.05, 3.63) is 53.9 Å². The van der Waals surface area contributed by atoms with Gasteiger partial charge >= 0.3 is 0 Å². The Balaban J connectivity index is 1.33. The number of piperidine rings is 1. The van der Waals surface area contributed by atoms with Crippen LogP contribution in [0.1, 0.15) is 41.9 Å². The normalized spacial score (nSPS) is 14.7. The average Bonchev–Trinajstić information content (AvgIpc) is 3.21. The van der Waals surface area contributed by atoms with Crippen LogP contribution >= 0.6 is 0 Å². The topological polar surface area (TPSA) is 84.5 Å². The van der Waals surface area contributed by atoms with Gasteiger partial charge < -0.3 is 19.4 Å². The highest BCUT2D eigenvalue weighted by Crippen LogP contribution is 2.30. The third-order valence-electron chi connectivity index (χ3n) is 5.56. The number of H-pyrrole nitrogens is 1. The van der Waals surface area contributed by atoms with E-state index in [0.29, 0.717) is 36.1 Å². The van der Waals surface area contributed by atoms with Crippen LogP contribution in [0.3, 0.4) is 0 Å². The molecule has 0 bridgehead atoms. The van der Waals surface area contributed by atoms with Crippen LogP contribution in [0, 0.1) is 0 Å². The molecule has 0 unspecified atom stereocenters. The molecule has 30 heavy (non-hydrogen) atoms. The first-order chi connectivity index (χ1) is 14.5. The summed E-state index contributed by atoms with van der Waals surface area (Å²) >= 11 is 0. The molecule has 1 saturated heterocycles. The number of likely N-dealkylation sites (tertiary alicyclic amines) is 1. The number of imidazole rings is 1. The molecule has 0 aliphatic carbocycles. The first kappa shape index (κ1) is 19.9. The SMILES string of the molecule is COc1cc(C(C)=O)ccc1OCC(=O)N1CCC(c2nc3ccccc3[nH]2)CC1. The Labute approximate surface area is 175 Å². The minimum absolute atomic E-state index is 0.0525. The fraction of sp³-hybridized carbons (Fsp3) is 0.348. The van der Waals surface area contributed by atoms with E-state index in [9.17, 15) is 9.59 Å². The maximum Gasteiger partial charge on any atom is 0.260 e. The summed E-state index contributed by atoms with van der Waals surface area (Å²) in [6.45, 7) is 2.77. The summed E-state index contributed by atoms with van der Waals surface area (Å²) in [4.78, 5) is 34.1. The van der Waals surface area contributed by atoms with E-state index < -0.39 is 0 Å².